The SMILES string of the molecule is Cc1cc(NC(=O)C2CNCC2C)ccn1. The maximum absolute atomic E-state index is 12.0. The fraction of sp³-hybridized carbons (Fsp3) is 0.500. The lowest BCUT2D eigenvalue weighted by Gasteiger charge is -2.14. The third-order valence-electron chi connectivity index (χ3n) is 3.02. The first-order chi connectivity index (χ1) is 7.66. The van der Waals surface area contributed by atoms with E-state index in [4.69, 9.17) is 0 Å². The van der Waals surface area contributed by atoms with E-state index in [2.05, 4.69) is 22.5 Å². The van der Waals surface area contributed by atoms with Crippen molar-refractivity contribution >= 4 is 11.6 Å². The van der Waals surface area contributed by atoms with Crippen LogP contribution < -0.4 is 10.6 Å². The molecule has 0 saturated carbocycles. The van der Waals surface area contributed by atoms with Gasteiger partial charge in [0.15, 0.2) is 0 Å². The van der Waals surface area contributed by atoms with Crippen LogP contribution in [0.3, 0.4) is 0 Å². The number of nitrogens with zero attached hydrogens (tertiary/aromatic N) is 1. The first kappa shape index (κ1) is 11.1. The molecule has 2 unspecified atom stereocenters. The van der Waals surface area contributed by atoms with Gasteiger partial charge in [-0.25, -0.2) is 0 Å². The average molecular weight is 219 g/mol. The zero-order valence-corrected chi connectivity index (χ0v) is 9.66. The van der Waals surface area contributed by atoms with E-state index >= 15 is 0 Å². The van der Waals surface area contributed by atoms with Gasteiger partial charge in [-0.05, 0) is 31.5 Å². The Bertz CT molecular complexity index is 392. The fourth-order valence-corrected chi connectivity index (χ4v) is 2.02. The van der Waals surface area contributed by atoms with Crippen LogP contribution in [0.1, 0.15) is 12.6 Å². The number of aromatic nitrogens is 1. The molecule has 4 nitrogen and oxygen atoms in total. The van der Waals surface area contributed by atoms with E-state index in [0.717, 1.165) is 24.5 Å². The fourth-order valence-electron chi connectivity index (χ4n) is 2.02. The van der Waals surface area contributed by atoms with Crippen molar-refractivity contribution in [3.05, 3.63) is 24.0 Å². The van der Waals surface area contributed by atoms with Gasteiger partial charge >= 0.3 is 0 Å². The molecule has 86 valence electrons. The van der Waals surface area contributed by atoms with Gasteiger partial charge in [0.2, 0.25) is 5.91 Å². The Hall–Kier alpha value is -1.42. The predicted octanol–water partition coefficient (Wildman–Crippen LogP) is 1.18. The Morgan fingerprint density at radius 1 is 1.56 bits per heavy atom. The molecule has 1 amide bonds. The highest BCUT2D eigenvalue weighted by molar-refractivity contribution is 5.93. The molecule has 0 spiro atoms. The number of hydrogen-bond donors (Lipinski definition) is 2. The van der Waals surface area contributed by atoms with Crippen LogP contribution in [0.25, 0.3) is 0 Å². The summed E-state index contributed by atoms with van der Waals surface area (Å²) in [6.45, 7) is 5.71. The highest BCUT2D eigenvalue weighted by Gasteiger charge is 2.29. The van der Waals surface area contributed by atoms with E-state index in [9.17, 15) is 4.79 Å². The Labute approximate surface area is 95.5 Å². The number of hydrogen-bond acceptors (Lipinski definition) is 3. The Morgan fingerprint density at radius 3 is 3.00 bits per heavy atom. The summed E-state index contributed by atoms with van der Waals surface area (Å²) >= 11 is 0. The number of carbonyl (C=O) groups is 1. The second kappa shape index (κ2) is 4.61. The van der Waals surface area contributed by atoms with Gasteiger partial charge in [0.25, 0.3) is 0 Å². The molecule has 2 rings (SSSR count). The van der Waals surface area contributed by atoms with E-state index in [1.165, 1.54) is 0 Å². The predicted molar refractivity (Wildman–Crippen MR) is 63.1 cm³/mol. The highest BCUT2D eigenvalue weighted by Crippen LogP contribution is 2.18. The van der Waals surface area contributed by atoms with E-state index in [-0.39, 0.29) is 11.8 Å². The molecular formula is C12H17N3O. The molecule has 16 heavy (non-hydrogen) atoms. The molecule has 1 saturated heterocycles. The molecule has 2 N–H and O–H groups in total. The van der Waals surface area contributed by atoms with Gasteiger partial charge in [0.1, 0.15) is 0 Å². The summed E-state index contributed by atoms with van der Waals surface area (Å²) in [5.74, 6) is 0.583. The Balaban J connectivity index is 2.02. The van der Waals surface area contributed by atoms with Gasteiger partial charge in [-0.3, -0.25) is 9.78 Å². The van der Waals surface area contributed by atoms with Crippen molar-refractivity contribution < 1.29 is 4.79 Å². The largest absolute Gasteiger partial charge is 0.326 e. The molecule has 0 aromatic carbocycles. The highest BCUT2D eigenvalue weighted by atomic mass is 16.1. The molecule has 2 atom stereocenters. The number of nitrogens with one attached hydrogen (secondary N) is 2. The lowest BCUT2D eigenvalue weighted by molar-refractivity contribution is -0.120. The van der Waals surface area contributed by atoms with Crippen LogP contribution in [-0.2, 0) is 4.79 Å². The molecule has 0 aliphatic carbocycles. The third kappa shape index (κ3) is 2.39. The number of rotatable bonds is 2. The lowest BCUT2D eigenvalue weighted by atomic mass is 9.97. The van der Waals surface area contributed by atoms with Gasteiger partial charge in [0, 0.05) is 24.1 Å². The molecule has 1 aromatic heterocycles. The normalized spacial score (nSPS) is 24.4. The smallest absolute Gasteiger partial charge is 0.229 e. The first-order valence-corrected chi connectivity index (χ1v) is 5.61. The van der Waals surface area contributed by atoms with Gasteiger partial charge in [-0.2, -0.15) is 0 Å². The minimum Gasteiger partial charge on any atom is -0.326 e. The number of pyridine rings is 1. The van der Waals surface area contributed by atoms with Crippen molar-refractivity contribution in [2.45, 2.75) is 13.8 Å². The zero-order chi connectivity index (χ0) is 11.5. The van der Waals surface area contributed by atoms with Crippen molar-refractivity contribution in [3.63, 3.8) is 0 Å². The molecule has 4 heteroatoms. The van der Waals surface area contributed by atoms with Crippen LogP contribution in [0.4, 0.5) is 5.69 Å². The topological polar surface area (TPSA) is 54.0 Å². The molecule has 1 aromatic rings. The first-order valence-electron chi connectivity index (χ1n) is 5.61. The second-order valence-electron chi connectivity index (χ2n) is 4.42. The van der Waals surface area contributed by atoms with Crippen LogP contribution in [0.15, 0.2) is 18.3 Å². The number of amides is 1. The quantitative estimate of drug-likeness (QED) is 0.785. The summed E-state index contributed by atoms with van der Waals surface area (Å²) in [6, 6.07) is 3.70. The van der Waals surface area contributed by atoms with Crippen molar-refractivity contribution in [2.24, 2.45) is 11.8 Å². The maximum atomic E-state index is 12.0. The van der Waals surface area contributed by atoms with Crippen molar-refractivity contribution in [2.75, 3.05) is 18.4 Å². The summed E-state index contributed by atoms with van der Waals surface area (Å²) in [5.41, 5.74) is 1.74. The molecule has 0 bridgehead atoms. The van der Waals surface area contributed by atoms with Crippen LogP contribution in [0.5, 0.6) is 0 Å². The number of anilines is 1. The second-order valence-corrected chi connectivity index (χ2v) is 4.42. The summed E-state index contributed by atoms with van der Waals surface area (Å²) < 4.78 is 0. The lowest BCUT2D eigenvalue weighted by Crippen LogP contribution is -2.27. The van der Waals surface area contributed by atoms with Gasteiger partial charge in [-0.1, -0.05) is 6.92 Å². The molecule has 1 fully saturated rings. The van der Waals surface area contributed by atoms with Crippen LogP contribution in [0, 0.1) is 18.8 Å². The average Bonchev–Trinajstić information content (AvgIpc) is 2.64. The van der Waals surface area contributed by atoms with Gasteiger partial charge < -0.3 is 10.6 Å². The Kier molecular flexibility index (Phi) is 3.19. The standard InChI is InChI=1S/C12H17N3O/c1-8-6-13-7-11(8)12(16)15-10-3-4-14-9(2)5-10/h3-5,8,11,13H,6-7H2,1-2H3,(H,14,15,16). The van der Waals surface area contributed by atoms with Crippen LogP contribution in [0.2, 0.25) is 0 Å². The number of carbonyl (C=O) groups excluding carboxylic acids is 1. The van der Waals surface area contributed by atoms with Gasteiger partial charge in [-0.15, -0.1) is 0 Å². The van der Waals surface area contributed by atoms with Crippen LogP contribution >= 0.6 is 0 Å². The summed E-state index contributed by atoms with van der Waals surface area (Å²) in [7, 11) is 0. The van der Waals surface area contributed by atoms with Crippen molar-refractivity contribution in [1.29, 1.82) is 0 Å². The molecular weight excluding hydrogens is 202 g/mol. The minimum atomic E-state index is 0.0773. The number of aryl methyl sites for hydroxylation is 1. The van der Waals surface area contributed by atoms with E-state index in [1.807, 2.05) is 19.1 Å². The maximum Gasteiger partial charge on any atom is 0.229 e. The minimum absolute atomic E-state index is 0.0773. The van der Waals surface area contributed by atoms with E-state index in [0.29, 0.717) is 5.92 Å². The summed E-state index contributed by atoms with van der Waals surface area (Å²) in [4.78, 5) is 16.1. The molecule has 1 aliphatic heterocycles. The van der Waals surface area contributed by atoms with E-state index in [1.54, 1.807) is 6.20 Å². The zero-order valence-electron chi connectivity index (χ0n) is 9.66. The molecule has 2 heterocycles. The summed E-state index contributed by atoms with van der Waals surface area (Å²) in [5, 5.41) is 6.16. The van der Waals surface area contributed by atoms with Gasteiger partial charge in [0.05, 0.1) is 5.92 Å². The van der Waals surface area contributed by atoms with Crippen molar-refractivity contribution in [1.82, 2.24) is 10.3 Å². The Morgan fingerprint density at radius 2 is 2.38 bits per heavy atom. The van der Waals surface area contributed by atoms with Crippen LogP contribution in [-0.4, -0.2) is 24.0 Å². The third-order valence-corrected chi connectivity index (χ3v) is 3.02. The van der Waals surface area contributed by atoms with E-state index < -0.39 is 0 Å². The monoisotopic (exact) mass is 219 g/mol. The molecule has 0 radical (unpaired) electrons. The summed E-state index contributed by atoms with van der Waals surface area (Å²) in [6.07, 6.45) is 1.71. The van der Waals surface area contributed by atoms with Crippen molar-refractivity contribution in [3.8, 4) is 0 Å². The molecule has 1 aliphatic rings.